The van der Waals surface area contributed by atoms with Crippen LogP contribution in [0.3, 0.4) is 0 Å². The van der Waals surface area contributed by atoms with Gasteiger partial charge in [0.25, 0.3) is 0 Å². The normalized spacial score (nSPS) is 27.8. The zero-order valence-electron chi connectivity index (χ0n) is 17.6. The second-order valence-corrected chi connectivity index (χ2v) is 9.55. The van der Waals surface area contributed by atoms with Gasteiger partial charge in [0.15, 0.2) is 0 Å². The first kappa shape index (κ1) is 23.7. The number of unbranched alkanes of at least 4 members (excludes halogenated alkanes) is 2. The Bertz CT molecular complexity index is 506. The second-order valence-electron chi connectivity index (χ2n) is 9.03. The molecule has 0 spiro atoms. The first-order chi connectivity index (χ1) is 13.4. The first-order valence-electron chi connectivity index (χ1n) is 11.4. The predicted octanol–water partition coefficient (Wildman–Crippen LogP) is 5.42. The van der Waals surface area contributed by atoms with Gasteiger partial charge in [-0.3, -0.25) is 4.79 Å². The van der Waals surface area contributed by atoms with E-state index in [1.165, 1.54) is 38.5 Å². The molecule has 1 aliphatic carbocycles. The third kappa shape index (κ3) is 6.47. The maximum absolute atomic E-state index is 10.9. The molecule has 2 fully saturated rings. The van der Waals surface area contributed by atoms with Crippen LogP contribution < -0.4 is 5.32 Å². The highest BCUT2D eigenvalue weighted by Gasteiger charge is 2.43. The van der Waals surface area contributed by atoms with Crippen molar-refractivity contribution in [1.29, 1.82) is 0 Å². The van der Waals surface area contributed by atoms with E-state index in [0.717, 1.165) is 45.1 Å². The van der Waals surface area contributed by atoms with Gasteiger partial charge in [0.2, 0.25) is 0 Å². The third-order valence-corrected chi connectivity index (χ3v) is 7.71. The Kier molecular flexibility index (Phi) is 9.79. The molecule has 5 heteroatoms. The molecule has 0 aromatic heterocycles. The summed E-state index contributed by atoms with van der Waals surface area (Å²) in [4.78, 5) is 10.6. The zero-order chi connectivity index (χ0) is 20.5. The van der Waals surface area contributed by atoms with Crippen LogP contribution in [0, 0.1) is 5.41 Å². The minimum absolute atomic E-state index is 0.0826. The summed E-state index contributed by atoms with van der Waals surface area (Å²) in [6.45, 7) is 3.17. The van der Waals surface area contributed by atoms with E-state index >= 15 is 0 Å². The van der Waals surface area contributed by atoms with Gasteiger partial charge >= 0.3 is 5.97 Å². The van der Waals surface area contributed by atoms with E-state index in [0.29, 0.717) is 6.42 Å². The van der Waals surface area contributed by atoms with Crippen LogP contribution in [-0.2, 0) is 4.79 Å². The van der Waals surface area contributed by atoms with E-state index in [2.05, 4.69) is 24.4 Å². The number of carbonyl (C=O) groups is 1. The Labute approximate surface area is 176 Å². The van der Waals surface area contributed by atoms with Gasteiger partial charge in [-0.15, -0.1) is 11.6 Å². The molecule has 2 rings (SSSR count). The molecule has 2 aliphatic rings. The maximum Gasteiger partial charge on any atom is 0.303 e. The van der Waals surface area contributed by atoms with Crippen LogP contribution in [0.25, 0.3) is 0 Å². The van der Waals surface area contributed by atoms with E-state index in [1.54, 1.807) is 0 Å². The lowest BCUT2D eigenvalue weighted by Crippen LogP contribution is -2.46. The summed E-state index contributed by atoms with van der Waals surface area (Å²) in [6, 6.07) is 0. The number of aliphatic hydroxyl groups excluding tert-OH is 1. The third-order valence-electron chi connectivity index (χ3n) is 7.07. The molecular formula is C23H40ClNO3. The Morgan fingerprint density at radius 3 is 2.61 bits per heavy atom. The molecule has 28 heavy (non-hydrogen) atoms. The van der Waals surface area contributed by atoms with E-state index in [1.807, 2.05) is 0 Å². The molecular weight excluding hydrogens is 374 g/mol. The van der Waals surface area contributed by atoms with Gasteiger partial charge in [-0.05, 0) is 76.2 Å². The fourth-order valence-electron chi connectivity index (χ4n) is 4.99. The largest absolute Gasteiger partial charge is 0.481 e. The van der Waals surface area contributed by atoms with Crippen LogP contribution >= 0.6 is 11.6 Å². The Morgan fingerprint density at radius 2 is 2.04 bits per heavy atom. The second kappa shape index (κ2) is 11.6. The molecule has 4 nitrogen and oxygen atoms in total. The van der Waals surface area contributed by atoms with Crippen LogP contribution in [0.5, 0.6) is 0 Å². The SMILES string of the molecule is CCCCC1(C(O)CCC[C@@]2(C/C=C\CCCC(=O)O)NCC[C@H]2Cl)CCC1. The van der Waals surface area contributed by atoms with E-state index < -0.39 is 5.97 Å². The van der Waals surface area contributed by atoms with Crippen LogP contribution in [0.4, 0.5) is 0 Å². The van der Waals surface area contributed by atoms with Crippen LogP contribution in [0.2, 0.25) is 0 Å². The summed E-state index contributed by atoms with van der Waals surface area (Å²) in [7, 11) is 0. The molecule has 1 saturated heterocycles. The summed E-state index contributed by atoms with van der Waals surface area (Å²) in [5, 5.41) is 23.3. The standard InChI is InChI=1S/C23H40ClNO3/c1-2-3-13-22(14-9-15-22)20(26)10-8-17-23(19(24)12-18-25-23)16-7-5-4-6-11-21(27)28/h5,7,19-20,25-26H,2-4,6,8-18H2,1H3,(H,27,28)/b7-5-/t19-,20?,23-/m1/s1. The Hall–Kier alpha value is -0.580. The molecule has 1 aliphatic heterocycles. The minimum atomic E-state index is -0.732. The van der Waals surface area contributed by atoms with Crippen molar-refractivity contribution in [2.75, 3.05) is 6.54 Å². The summed E-state index contributed by atoms with van der Waals surface area (Å²) in [6.07, 6.45) is 17.8. The maximum atomic E-state index is 10.9. The molecule has 0 aromatic rings. The number of hydrogen-bond donors (Lipinski definition) is 3. The monoisotopic (exact) mass is 413 g/mol. The molecule has 0 aromatic carbocycles. The smallest absolute Gasteiger partial charge is 0.303 e. The van der Waals surface area contributed by atoms with Crippen molar-refractivity contribution >= 4 is 17.6 Å². The van der Waals surface area contributed by atoms with Crippen molar-refractivity contribution in [3.63, 3.8) is 0 Å². The van der Waals surface area contributed by atoms with E-state index in [4.69, 9.17) is 16.7 Å². The number of aliphatic hydroxyl groups is 1. The van der Waals surface area contributed by atoms with Gasteiger partial charge in [-0.2, -0.15) is 0 Å². The van der Waals surface area contributed by atoms with Crippen molar-refractivity contribution in [3.8, 4) is 0 Å². The van der Waals surface area contributed by atoms with Gasteiger partial charge in [0.05, 0.1) is 11.5 Å². The molecule has 0 radical (unpaired) electrons. The predicted molar refractivity (Wildman–Crippen MR) is 116 cm³/mol. The molecule has 1 heterocycles. The van der Waals surface area contributed by atoms with Crippen molar-refractivity contribution in [3.05, 3.63) is 12.2 Å². The number of alkyl halides is 1. The molecule has 1 saturated carbocycles. The van der Waals surface area contributed by atoms with Gasteiger partial charge < -0.3 is 15.5 Å². The average molecular weight is 414 g/mol. The fourth-order valence-corrected chi connectivity index (χ4v) is 5.38. The number of hydrogen-bond acceptors (Lipinski definition) is 3. The van der Waals surface area contributed by atoms with Gasteiger partial charge in [-0.1, -0.05) is 38.3 Å². The van der Waals surface area contributed by atoms with Crippen molar-refractivity contribution in [1.82, 2.24) is 5.32 Å². The molecule has 0 amide bonds. The zero-order valence-corrected chi connectivity index (χ0v) is 18.4. The first-order valence-corrected chi connectivity index (χ1v) is 11.8. The van der Waals surface area contributed by atoms with E-state index in [-0.39, 0.29) is 28.9 Å². The van der Waals surface area contributed by atoms with Gasteiger partial charge in [-0.25, -0.2) is 0 Å². The highest BCUT2D eigenvalue weighted by molar-refractivity contribution is 6.21. The number of aliphatic carboxylic acids is 1. The quantitative estimate of drug-likeness (QED) is 0.202. The topological polar surface area (TPSA) is 69.6 Å². The van der Waals surface area contributed by atoms with Crippen LogP contribution in [0.1, 0.15) is 96.8 Å². The fraction of sp³-hybridized carbons (Fsp3) is 0.870. The summed E-state index contributed by atoms with van der Waals surface area (Å²) in [5.41, 5.74) is 0.109. The number of carboxylic acids is 1. The highest BCUT2D eigenvalue weighted by Crippen LogP contribution is 2.49. The van der Waals surface area contributed by atoms with Crippen molar-refractivity contribution in [2.24, 2.45) is 5.41 Å². The van der Waals surface area contributed by atoms with Crippen LogP contribution in [0.15, 0.2) is 12.2 Å². The summed E-state index contributed by atoms with van der Waals surface area (Å²) >= 11 is 6.69. The van der Waals surface area contributed by atoms with Gasteiger partial charge in [0.1, 0.15) is 0 Å². The summed E-state index contributed by atoms with van der Waals surface area (Å²) < 4.78 is 0. The number of allylic oxidation sites excluding steroid dienone is 1. The van der Waals surface area contributed by atoms with Gasteiger partial charge in [0, 0.05) is 12.0 Å². The van der Waals surface area contributed by atoms with Crippen molar-refractivity contribution < 1.29 is 15.0 Å². The molecule has 0 bridgehead atoms. The molecule has 162 valence electrons. The Balaban J connectivity index is 1.80. The van der Waals surface area contributed by atoms with E-state index in [9.17, 15) is 9.90 Å². The lowest BCUT2D eigenvalue weighted by atomic mass is 9.61. The minimum Gasteiger partial charge on any atom is -0.481 e. The van der Waals surface area contributed by atoms with Crippen molar-refractivity contribution in [2.45, 2.75) is 114 Å². The Morgan fingerprint density at radius 1 is 1.25 bits per heavy atom. The number of carboxylic acid groups (broad SMARTS) is 1. The molecule has 1 unspecified atom stereocenters. The summed E-state index contributed by atoms with van der Waals surface area (Å²) in [5.74, 6) is -0.732. The number of rotatable bonds is 14. The van der Waals surface area contributed by atoms with Crippen LogP contribution in [-0.4, -0.2) is 39.7 Å². The molecule has 3 N–H and O–H groups in total. The number of halogens is 1. The number of nitrogens with one attached hydrogen (secondary N) is 1. The molecule has 3 atom stereocenters. The highest BCUT2D eigenvalue weighted by atomic mass is 35.5. The average Bonchev–Trinajstić information content (AvgIpc) is 2.98. The lowest BCUT2D eigenvalue weighted by Gasteiger charge is -2.46. The lowest BCUT2D eigenvalue weighted by molar-refractivity contribution is -0.137.